The fourth-order valence-corrected chi connectivity index (χ4v) is 3.26. The highest BCUT2D eigenvalue weighted by atomic mass is 32.1. The molecule has 0 unspecified atom stereocenters. The number of aromatic nitrogens is 1. The number of hydrogen-bond acceptors (Lipinski definition) is 7. The van der Waals surface area contributed by atoms with Crippen LogP contribution in [0.4, 0.5) is 10.8 Å². The van der Waals surface area contributed by atoms with Crippen molar-refractivity contribution in [3.8, 4) is 0 Å². The van der Waals surface area contributed by atoms with Gasteiger partial charge in [0.05, 0.1) is 24.9 Å². The minimum Gasteiger partial charge on any atom is -0.466 e. The second kappa shape index (κ2) is 7.92. The molecule has 0 saturated carbocycles. The normalized spacial score (nSPS) is 13.4. The third-order valence-corrected chi connectivity index (χ3v) is 4.45. The van der Waals surface area contributed by atoms with Crippen molar-refractivity contribution in [3.05, 3.63) is 40.4 Å². The van der Waals surface area contributed by atoms with Gasteiger partial charge in [-0.2, -0.15) is 5.10 Å². The molecule has 0 atom stereocenters. The van der Waals surface area contributed by atoms with Crippen molar-refractivity contribution in [2.75, 3.05) is 23.9 Å². The van der Waals surface area contributed by atoms with Crippen LogP contribution in [-0.4, -0.2) is 30.3 Å². The van der Waals surface area contributed by atoms with Crippen molar-refractivity contribution in [1.82, 2.24) is 4.98 Å². The van der Waals surface area contributed by atoms with Crippen molar-refractivity contribution in [2.24, 2.45) is 5.10 Å². The van der Waals surface area contributed by atoms with Crippen LogP contribution in [0.25, 0.3) is 0 Å². The summed E-state index contributed by atoms with van der Waals surface area (Å²) in [6.45, 7) is 3.17. The van der Waals surface area contributed by atoms with E-state index in [-0.39, 0.29) is 12.4 Å². The maximum Gasteiger partial charge on any atom is 0.311 e. The van der Waals surface area contributed by atoms with Crippen molar-refractivity contribution in [3.63, 3.8) is 0 Å². The van der Waals surface area contributed by atoms with Gasteiger partial charge in [-0.05, 0) is 25.3 Å². The van der Waals surface area contributed by atoms with Crippen molar-refractivity contribution in [1.29, 1.82) is 0 Å². The van der Waals surface area contributed by atoms with E-state index in [2.05, 4.69) is 26.9 Å². The molecule has 3 rings (SSSR count). The largest absolute Gasteiger partial charge is 0.466 e. The Morgan fingerprint density at radius 3 is 3.33 bits per heavy atom. The summed E-state index contributed by atoms with van der Waals surface area (Å²) in [5.74, 6) is -0.264. The summed E-state index contributed by atoms with van der Waals surface area (Å²) in [5, 5.41) is 10.2. The van der Waals surface area contributed by atoms with Crippen LogP contribution in [0.5, 0.6) is 0 Å². The van der Waals surface area contributed by atoms with Gasteiger partial charge in [-0.25, -0.2) is 4.98 Å². The van der Waals surface area contributed by atoms with Gasteiger partial charge < -0.3 is 10.1 Å². The number of carbonyl (C=O) groups is 1. The van der Waals surface area contributed by atoms with E-state index in [0.717, 1.165) is 30.6 Å². The number of hydrogen-bond donors (Lipinski definition) is 2. The second-order valence-corrected chi connectivity index (χ2v) is 6.27. The van der Waals surface area contributed by atoms with Gasteiger partial charge in [-0.3, -0.25) is 10.2 Å². The zero-order valence-electron chi connectivity index (χ0n) is 13.5. The SMILES string of the molecule is CCOC(=O)Cc1csc(NN=Cc2cccc3c2NCCC3)n1. The number of aryl methyl sites for hydroxylation is 1. The molecular weight excluding hydrogens is 324 g/mol. The molecule has 1 aromatic heterocycles. The third kappa shape index (κ3) is 4.11. The first-order valence-electron chi connectivity index (χ1n) is 8.01. The molecule has 2 aromatic rings. The number of rotatable bonds is 6. The zero-order chi connectivity index (χ0) is 16.8. The average molecular weight is 344 g/mol. The first-order valence-corrected chi connectivity index (χ1v) is 8.89. The maximum atomic E-state index is 11.4. The first-order chi connectivity index (χ1) is 11.8. The van der Waals surface area contributed by atoms with Crippen LogP contribution >= 0.6 is 11.3 Å². The highest BCUT2D eigenvalue weighted by molar-refractivity contribution is 7.13. The number of thiazole rings is 1. The number of nitrogens with zero attached hydrogens (tertiary/aromatic N) is 2. The second-order valence-electron chi connectivity index (χ2n) is 5.41. The van der Waals surface area contributed by atoms with E-state index in [0.29, 0.717) is 17.4 Å². The van der Waals surface area contributed by atoms with E-state index in [9.17, 15) is 4.79 Å². The minimum atomic E-state index is -0.264. The van der Waals surface area contributed by atoms with E-state index < -0.39 is 0 Å². The number of benzene rings is 1. The average Bonchev–Trinajstić information content (AvgIpc) is 3.02. The summed E-state index contributed by atoms with van der Waals surface area (Å²) >= 11 is 1.41. The third-order valence-electron chi connectivity index (χ3n) is 3.65. The highest BCUT2D eigenvalue weighted by Gasteiger charge is 2.11. The van der Waals surface area contributed by atoms with Crippen LogP contribution in [0.15, 0.2) is 28.7 Å². The summed E-state index contributed by atoms with van der Waals surface area (Å²) in [7, 11) is 0. The molecule has 0 bridgehead atoms. The summed E-state index contributed by atoms with van der Waals surface area (Å²) in [4.78, 5) is 15.8. The number of fused-ring (bicyclic) bond motifs is 1. The molecular formula is C17H20N4O2S. The van der Waals surface area contributed by atoms with Gasteiger partial charge in [0, 0.05) is 23.2 Å². The fraction of sp³-hybridized carbons (Fsp3) is 0.353. The predicted octanol–water partition coefficient (Wildman–Crippen LogP) is 3.05. The summed E-state index contributed by atoms with van der Waals surface area (Å²) in [6.07, 6.45) is 4.24. The van der Waals surface area contributed by atoms with Gasteiger partial charge in [0.2, 0.25) is 5.13 Å². The van der Waals surface area contributed by atoms with Crippen molar-refractivity contribution >= 4 is 34.3 Å². The smallest absolute Gasteiger partial charge is 0.311 e. The lowest BCUT2D eigenvalue weighted by atomic mass is 10.00. The lowest BCUT2D eigenvalue weighted by Gasteiger charge is -2.19. The monoisotopic (exact) mass is 344 g/mol. The number of carbonyl (C=O) groups excluding carboxylic acids is 1. The molecule has 0 fully saturated rings. The van der Waals surface area contributed by atoms with Gasteiger partial charge in [0.25, 0.3) is 0 Å². The van der Waals surface area contributed by atoms with Crippen molar-refractivity contribution in [2.45, 2.75) is 26.2 Å². The molecule has 126 valence electrons. The Balaban J connectivity index is 1.61. The summed E-state index contributed by atoms with van der Waals surface area (Å²) in [6, 6.07) is 6.24. The first kappa shape index (κ1) is 16.4. The molecule has 1 aliphatic rings. The Morgan fingerprint density at radius 2 is 2.46 bits per heavy atom. The van der Waals surface area contributed by atoms with Crippen LogP contribution in [0, 0.1) is 0 Å². The lowest BCUT2D eigenvalue weighted by Crippen LogP contribution is -2.13. The maximum absolute atomic E-state index is 11.4. The molecule has 2 N–H and O–H groups in total. The van der Waals surface area contributed by atoms with Crippen molar-refractivity contribution < 1.29 is 9.53 Å². The Labute approximate surface area is 145 Å². The van der Waals surface area contributed by atoms with Crippen LogP contribution in [0.2, 0.25) is 0 Å². The number of nitrogens with one attached hydrogen (secondary N) is 2. The van der Waals surface area contributed by atoms with Crippen LogP contribution < -0.4 is 10.7 Å². The topological polar surface area (TPSA) is 75.6 Å². The van der Waals surface area contributed by atoms with Crippen LogP contribution in [0.3, 0.4) is 0 Å². The molecule has 0 amide bonds. The van der Waals surface area contributed by atoms with Gasteiger partial charge in [-0.1, -0.05) is 18.2 Å². The van der Waals surface area contributed by atoms with Crippen LogP contribution in [0.1, 0.15) is 30.2 Å². The molecule has 6 nitrogen and oxygen atoms in total. The standard InChI is InChI=1S/C17H20N4O2S/c1-2-23-15(22)9-14-11-24-17(20-14)21-19-10-13-6-3-5-12-7-4-8-18-16(12)13/h3,5-6,10-11,18H,2,4,7-9H2,1H3,(H,20,21). The van der Waals surface area contributed by atoms with Gasteiger partial charge in [-0.15, -0.1) is 11.3 Å². The van der Waals surface area contributed by atoms with E-state index >= 15 is 0 Å². The minimum absolute atomic E-state index is 0.186. The molecule has 1 aromatic carbocycles. The number of ether oxygens (including phenoxy) is 1. The summed E-state index contributed by atoms with van der Waals surface area (Å²) < 4.78 is 4.92. The number of anilines is 2. The Bertz CT molecular complexity index is 742. The molecule has 0 aliphatic carbocycles. The van der Waals surface area contributed by atoms with E-state index in [1.165, 1.54) is 16.9 Å². The zero-order valence-corrected chi connectivity index (χ0v) is 14.4. The molecule has 7 heteroatoms. The molecule has 24 heavy (non-hydrogen) atoms. The Kier molecular flexibility index (Phi) is 5.43. The molecule has 1 aliphatic heterocycles. The molecule has 0 spiro atoms. The van der Waals surface area contributed by atoms with Gasteiger partial charge in [0.1, 0.15) is 0 Å². The predicted molar refractivity (Wildman–Crippen MR) is 96.9 cm³/mol. The Hall–Kier alpha value is -2.41. The molecule has 2 heterocycles. The van der Waals surface area contributed by atoms with Gasteiger partial charge in [0.15, 0.2) is 0 Å². The number of esters is 1. The number of para-hydroxylation sites is 1. The number of hydrazone groups is 1. The lowest BCUT2D eigenvalue weighted by molar-refractivity contribution is -0.142. The van der Waals surface area contributed by atoms with Crippen LogP contribution in [-0.2, 0) is 22.4 Å². The van der Waals surface area contributed by atoms with E-state index in [4.69, 9.17) is 4.74 Å². The quantitative estimate of drug-likeness (QED) is 0.478. The fourth-order valence-electron chi connectivity index (χ4n) is 2.60. The summed E-state index contributed by atoms with van der Waals surface area (Å²) in [5.41, 5.74) is 7.16. The molecule has 0 radical (unpaired) electrons. The molecule has 0 saturated heterocycles. The Morgan fingerprint density at radius 1 is 1.54 bits per heavy atom. The van der Waals surface area contributed by atoms with E-state index in [1.54, 1.807) is 13.1 Å². The van der Waals surface area contributed by atoms with E-state index in [1.807, 2.05) is 17.5 Å². The van der Waals surface area contributed by atoms with Gasteiger partial charge >= 0.3 is 5.97 Å². The highest BCUT2D eigenvalue weighted by Crippen LogP contribution is 2.25.